The van der Waals surface area contributed by atoms with Gasteiger partial charge >= 0.3 is 5.97 Å². The lowest BCUT2D eigenvalue weighted by Crippen LogP contribution is -2.44. The summed E-state index contributed by atoms with van der Waals surface area (Å²) in [5, 5.41) is 2.99. The van der Waals surface area contributed by atoms with Gasteiger partial charge in [-0.25, -0.2) is 9.78 Å². The molecule has 1 aromatic heterocycles. The molecule has 0 spiro atoms. The summed E-state index contributed by atoms with van der Waals surface area (Å²) in [4.78, 5) is 27.2. The Labute approximate surface area is 127 Å². The molecule has 0 saturated carbocycles. The minimum atomic E-state index is -0.790. The molecule has 0 aliphatic carbocycles. The van der Waals surface area contributed by atoms with E-state index in [0.29, 0.717) is 0 Å². The molecule has 0 aliphatic rings. The van der Waals surface area contributed by atoms with Gasteiger partial charge in [-0.2, -0.15) is 0 Å². The van der Waals surface area contributed by atoms with Crippen molar-refractivity contribution in [1.29, 1.82) is 0 Å². The van der Waals surface area contributed by atoms with E-state index in [4.69, 9.17) is 27.9 Å². The molecule has 0 atom stereocenters. The molecule has 1 N–H and O–H groups in total. The number of hydrogen-bond acceptors (Lipinski definition) is 4. The van der Waals surface area contributed by atoms with Gasteiger partial charge in [0.1, 0.15) is 5.15 Å². The summed E-state index contributed by atoms with van der Waals surface area (Å²) in [6.45, 7) is 5.30. The van der Waals surface area contributed by atoms with Crippen molar-refractivity contribution in [3.8, 4) is 0 Å². The Morgan fingerprint density at radius 1 is 1.35 bits per heavy atom. The lowest BCUT2D eigenvalue weighted by Gasteiger charge is -2.24. The fourth-order valence-corrected chi connectivity index (χ4v) is 1.59. The Bertz CT molecular complexity index is 518. The van der Waals surface area contributed by atoms with Crippen molar-refractivity contribution in [2.24, 2.45) is 0 Å². The van der Waals surface area contributed by atoms with Crippen molar-refractivity contribution < 1.29 is 14.3 Å². The van der Waals surface area contributed by atoms with Crippen molar-refractivity contribution in [3.05, 3.63) is 28.0 Å². The average Bonchev–Trinajstić information content (AvgIpc) is 2.38. The molecule has 7 heteroatoms. The van der Waals surface area contributed by atoms with Crippen LogP contribution in [0, 0.1) is 0 Å². The van der Waals surface area contributed by atoms with Gasteiger partial charge in [0.25, 0.3) is 5.91 Å². The smallest absolute Gasteiger partial charge is 0.359 e. The standard InChI is InChI=1S/C13H16Cl2N2O3/c1-4-13(2,3)17-10(18)7-20-12(19)11-8(14)5-6-9(15)16-11/h5-6H,4,7H2,1-3H3,(H,17,18). The highest BCUT2D eigenvalue weighted by atomic mass is 35.5. The van der Waals surface area contributed by atoms with Gasteiger partial charge in [0, 0.05) is 5.54 Å². The van der Waals surface area contributed by atoms with Crippen molar-refractivity contribution >= 4 is 35.1 Å². The van der Waals surface area contributed by atoms with Crippen LogP contribution in [0.4, 0.5) is 0 Å². The van der Waals surface area contributed by atoms with E-state index >= 15 is 0 Å². The van der Waals surface area contributed by atoms with E-state index in [1.165, 1.54) is 12.1 Å². The molecule has 1 rings (SSSR count). The maximum Gasteiger partial charge on any atom is 0.359 e. The Kier molecular flexibility index (Phi) is 5.77. The van der Waals surface area contributed by atoms with Crippen molar-refractivity contribution in [2.75, 3.05) is 6.61 Å². The number of halogens is 2. The van der Waals surface area contributed by atoms with Crippen molar-refractivity contribution in [3.63, 3.8) is 0 Å². The quantitative estimate of drug-likeness (QED) is 0.669. The zero-order valence-corrected chi connectivity index (χ0v) is 13.0. The number of esters is 1. The second-order valence-corrected chi connectivity index (χ2v) is 5.62. The lowest BCUT2D eigenvalue weighted by molar-refractivity contribution is -0.125. The van der Waals surface area contributed by atoms with Crippen LogP contribution in [0.3, 0.4) is 0 Å². The van der Waals surface area contributed by atoms with Crippen molar-refractivity contribution in [2.45, 2.75) is 32.7 Å². The van der Waals surface area contributed by atoms with Crippen LogP contribution in [0.15, 0.2) is 12.1 Å². The first-order valence-electron chi connectivity index (χ1n) is 6.05. The fourth-order valence-electron chi connectivity index (χ4n) is 1.26. The summed E-state index contributed by atoms with van der Waals surface area (Å²) >= 11 is 11.5. The highest BCUT2D eigenvalue weighted by Gasteiger charge is 2.20. The molecule has 0 saturated heterocycles. The van der Waals surface area contributed by atoms with Gasteiger partial charge in [-0.15, -0.1) is 0 Å². The van der Waals surface area contributed by atoms with E-state index in [9.17, 15) is 9.59 Å². The molecule has 0 radical (unpaired) electrons. The topological polar surface area (TPSA) is 68.3 Å². The van der Waals surface area contributed by atoms with Gasteiger partial charge in [0.15, 0.2) is 12.3 Å². The molecule has 110 valence electrons. The van der Waals surface area contributed by atoms with Crippen LogP contribution in [0.5, 0.6) is 0 Å². The SMILES string of the molecule is CCC(C)(C)NC(=O)COC(=O)c1nc(Cl)ccc1Cl. The minimum Gasteiger partial charge on any atom is -0.451 e. The summed E-state index contributed by atoms with van der Waals surface area (Å²) < 4.78 is 4.86. The number of nitrogens with zero attached hydrogens (tertiary/aromatic N) is 1. The predicted octanol–water partition coefficient (Wildman–Crippen LogP) is 2.85. The van der Waals surface area contributed by atoms with Crippen LogP contribution in [-0.2, 0) is 9.53 Å². The van der Waals surface area contributed by atoms with E-state index < -0.39 is 12.6 Å². The number of ether oxygens (including phenoxy) is 1. The minimum absolute atomic E-state index is 0.110. The summed E-state index contributed by atoms with van der Waals surface area (Å²) in [7, 11) is 0. The molecule has 1 aromatic rings. The number of nitrogens with one attached hydrogen (secondary N) is 1. The molecular weight excluding hydrogens is 303 g/mol. The maximum absolute atomic E-state index is 11.7. The zero-order chi connectivity index (χ0) is 15.3. The highest BCUT2D eigenvalue weighted by Crippen LogP contribution is 2.17. The molecule has 0 aromatic carbocycles. The predicted molar refractivity (Wildman–Crippen MR) is 77.1 cm³/mol. The lowest BCUT2D eigenvalue weighted by atomic mass is 10.0. The first-order chi connectivity index (χ1) is 9.25. The zero-order valence-electron chi connectivity index (χ0n) is 11.5. The summed E-state index contributed by atoms with van der Waals surface area (Å²) in [5.41, 5.74) is -0.461. The second-order valence-electron chi connectivity index (χ2n) is 4.83. The van der Waals surface area contributed by atoms with E-state index in [0.717, 1.165) is 6.42 Å². The normalized spacial score (nSPS) is 11.1. The monoisotopic (exact) mass is 318 g/mol. The number of pyridine rings is 1. The van der Waals surface area contributed by atoms with Crippen LogP contribution in [0.25, 0.3) is 0 Å². The van der Waals surface area contributed by atoms with Gasteiger partial charge in [-0.1, -0.05) is 30.1 Å². The third kappa shape index (κ3) is 4.98. The van der Waals surface area contributed by atoms with Crippen molar-refractivity contribution in [1.82, 2.24) is 10.3 Å². The molecule has 1 heterocycles. The molecule has 5 nitrogen and oxygen atoms in total. The van der Waals surface area contributed by atoms with Crippen LogP contribution in [0.1, 0.15) is 37.7 Å². The fraction of sp³-hybridized carbons (Fsp3) is 0.462. The number of carbonyl (C=O) groups is 2. The number of aromatic nitrogens is 1. The first kappa shape index (κ1) is 16.7. The summed E-state index contributed by atoms with van der Waals surface area (Å²) in [6, 6.07) is 2.89. The number of carbonyl (C=O) groups excluding carboxylic acids is 2. The molecule has 0 aliphatic heterocycles. The molecule has 0 fully saturated rings. The third-order valence-corrected chi connectivity index (χ3v) is 3.22. The van der Waals surface area contributed by atoms with E-state index in [2.05, 4.69) is 10.3 Å². The van der Waals surface area contributed by atoms with Gasteiger partial charge in [-0.3, -0.25) is 4.79 Å². The Hall–Kier alpha value is -1.33. The highest BCUT2D eigenvalue weighted by molar-refractivity contribution is 6.34. The van der Waals surface area contributed by atoms with E-state index in [1.54, 1.807) is 0 Å². The number of hydrogen-bond donors (Lipinski definition) is 1. The Morgan fingerprint density at radius 2 is 2.00 bits per heavy atom. The number of amides is 1. The first-order valence-corrected chi connectivity index (χ1v) is 6.81. The molecule has 20 heavy (non-hydrogen) atoms. The number of rotatable bonds is 5. The van der Waals surface area contributed by atoms with Crippen LogP contribution in [0.2, 0.25) is 10.2 Å². The van der Waals surface area contributed by atoms with Crippen LogP contribution in [-0.4, -0.2) is 29.0 Å². The van der Waals surface area contributed by atoms with Gasteiger partial charge in [0.05, 0.1) is 5.02 Å². The Balaban J connectivity index is 2.60. The van der Waals surface area contributed by atoms with Crippen LogP contribution >= 0.6 is 23.2 Å². The molecule has 0 unspecified atom stereocenters. The van der Waals surface area contributed by atoms with E-state index in [1.807, 2.05) is 20.8 Å². The van der Waals surface area contributed by atoms with Gasteiger partial charge in [0.2, 0.25) is 0 Å². The maximum atomic E-state index is 11.7. The third-order valence-electron chi connectivity index (χ3n) is 2.70. The van der Waals surface area contributed by atoms with E-state index in [-0.39, 0.29) is 27.3 Å². The Morgan fingerprint density at radius 3 is 2.60 bits per heavy atom. The second kappa shape index (κ2) is 6.90. The largest absolute Gasteiger partial charge is 0.451 e. The molecular formula is C13H16Cl2N2O3. The average molecular weight is 319 g/mol. The van der Waals surface area contributed by atoms with Crippen LogP contribution < -0.4 is 5.32 Å². The summed E-state index contributed by atoms with van der Waals surface area (Å²) in [6.07, 6.45) is 0.758. The molecule has 0 bridgehead atoms. The molecule has 1 amide bonds. The van der Waals surface area contributed by atoms with Gasteiger partial charge < -0.3 is 10.1 Å². The summed E-state index contributed by atoms with van der Waals surface area (Å²) in [5.74, 6) is -1.18. The van der Waals surface area contributed by atoms with Gasteiger partial charge in [-0.05, 0) is 32.4 Å².